The smallest absolute Gasteiger partial charge is 0.103 e. The van der Waals surface area contributed by atoms with Crippen LogP contribution in [0.2, 0.25) is 0 Å². The maximum absolute atomic E-state index is 8.75. The lowest BCUT2D eigenvalue weighted by molar-refractivity contribution is 0.110. The summed E-state index contributed by atoms with van der Waals surface area (Å²) in [5, 5.41) is 17.0. The molecule has 0 spiro atoms. The minimum absolute atomic E-state index is 0.0638. The van der Waals surface area contributed by atoms with Gasteiger partial charge in [0.2, 0.25) is 0 Å². The highest BCUT2D eigenvalue weighted by Crippen LogP contribution is 2.43. The molecule has 0 bridgehead atoms. The van der Waals surface area contributed by atoms with Gasteiger partial charge in [0.25, 0.3) is 0 Å². The molecule has 0 amide bonds. The van der Waals surface area contributed by atoms with Crippen molar-refractivity contribution >= 4 is 0 Å². The van der Waals surface area contributed by atoms with Gasteiger partial charge in [0.1, 0.15) is 5.69 Å². The van der Waals surface area contributed by atoms with Gasteiger partial charge in [-0.15, -0.1) is 5.10 Å². The van der Waals surface area contributed by atoms with Crippen molar-refractivity contribution in [2.45, 2.75) is 38.8 Å². The maximum Gasteiger partial charge on any atom is 0.103 e. The van der Waals surface area contributed by atoms with E-state index in [1.165, 1.54) is 0 Å². The van der Waals surface area contributed by atoms with E-state index in [0.717, 1.165) is 17.8 Å². The number of hydrogen-bond acceptors (Lipinski definition) is 4. The first-order valence-corrected chi connectivity index (χ1v) is 5.52. The highest BCUT2D eigenvalue weighted by molar-refractivity contribution is 5.18. The average Bonchev–Trinajstić information content (AvgIpc) is 2.85. The maximum atomic E-state index is 8.75. The molecule has 86 valence electrons. The molecule has 1 aromatic heterocycles. The highest BCUT2D eigenvalue weighted by atomic mass is 16.5. The molecule has 5 heteroatoms. The molecule has 0 saturated heterocycles. The van der Waals surface area contributed by atoms with Crippen LogP contribution < -0.4 is 0 Å². The third kappa shape index (κ3) is 1.81. The number of rotatable bonds is 4. The van der Waals surface area contributed by atoms with Crippen molar-refractivity contribution in [3.8, 4) is 6.07 Å². The van der Waals surface area contributed by atoms with Gasteiger partial charge in [0.15, 0.2) is 0 Å². The Morgan fingerprint density at radius 3 is 2.88 bits per heavy atom. The van der Waals surface area contributed by atoms with E-state index in [9.17, 15) is 0 Å². The number of methoxy groups -OCH3 is 1. The third-order valence-corrected chi connectivity index (χ3v) is 3.17. The summed E-state index contributed by atoms with van der Waals surface area (Å²) in [5.41, 5.74) is 1.70. The lowest BCUT2D eigenvalue weighted by atomic mass is 10.2. The molecule has 1 aromatic rings. The van der Waals surface area contributed by atoms with E-state index in [-0.39, 0.29) is 6.10 Å². The lowest BCUT2D eigenvalue weighted by Gasteiger charge is -2.12. The summed E-state index contributed by atoms with van der Waals surface area (Å²) in [6.07, 6.45) is 1.37. The Labute approximate surface area is 95.0 Å². The van der Waals surface area contributed by atoms with Gasteiger partial charge >= 0.3 is 0 Å². The van der Waals surface area contributed by atoms with Gasteiger partial charge in [0, 0.05) is 7.11 Å². The van der Waals surface area contributed by atoms with Crippen LogP contribution in [0.4, 0.5) is 0 Å². The molecule has 1 fully saturated rings. The molecule has 3 atom stereocenters. The number of aromatic nitrogens is 3. The van der Waals surface area contributed by atoms with Crippen LogP contribution in [-0.2, 0) is 11.2 Å². The van der Waals surface area contributed by atoms with Crippen molar-refractivity contribution < 1.29 is 4.74 Å². The molecule has 1 saturated carbocycles. The summed E-state index contributed by atoms with van der Waals surface area (Å²) in [6.45, 7) is 4.15. The lowest BCUT2D eigenvalue weighted by Crippen LogP contribution is -2.10. The van der Waals surface area contributed by atoms with Crippen molar-refractivity contribution in [3.63, 3.8) is 0 Å². The van der Waals surface area contributed by atoms with E-state index in [4.69, 9.17) is 10.00 Å². The Bertz CT molecular complexity index is 420. The minimum atomic E-state index is -0.0638. The summed E-state index contributed by atoms with van der Waals surface area (Å²) in [6, 6.07) is 2.55. The summed E-state index contributed by atoms with van der Waals surface area (Å²) in [7, 11) is 1.66. The molecule has 0 N–H and O–H groups in total. The van der Waals surface area contributed by atoms with E-state index in [0.29, 0.717) is 18.4 Å². The van der Waals surface area contributed by atoms with E-state index < -0.39 is 0 Å². The van der Waals surface area contributed by atoms with Crippen molar-refractivity contribution in [1.82, 2.24) is 15.0 Å². The molecular weight excluding hydrogens is 204 g/mol. The van der Waals surface area contributed by atoms with E-state index in [1.807, 2.05) is 11.6 Å². The third-order valence-electron chi connectivity index (χ3n) is 3.17. The average molecular weight is 220 g/mol. The van der Waals surface area contributed by atoms with E-state index in [2.05, 4.69) is 23.3 Å². The van der Waals surface area contributed by atoms with Crippen LogP contribution in [0.15, 0.2) is 0 Å². The Kier molecular flexibility index (Phi) is 2.92. The molecule has 0 aliphatic heterocycles. The minimum Gasteiger partial charge on any atom is -0.375 e. The summed E-state index contributed by atoms with van der Waals surface area (Å²) >= 11 is 0. The van der Waals surface area contributed by atoms with Gasteiger partial charge in [-0.3, -0.25) is 0 Å². The second-order valence-corrected chi connectivity index (χ2v) is 4.36. The Hall–Kier alpha value is -1.41. The SMILES string of the molecule is COC(C)c1c(CC#N)nnn1C1CC1C. The largest absolute Gasteiger partial charge is 0.375 e. The van der Waals surface area contributed by atoms with Crippen molar-refractivity contribution in [1.29, 1.82) is 5.26 Å². The molecule has 0 radical (unpaired) electrons. The molecule has 0 aromatic carbocycles. The van der Waals surface area contributed by atoms with Gasteiger partial charge in [-0.05, 0) is 19.3 Å². The summed E-state index contributed by atoms with van der Waals surface area (Å²) in [4.78, 5) is 0. The van der Waals surface area contributed by atoms with Crippen LogP contribution in [0.25, 0.3) is 0 Å². The van der Waals surface area contributed by atoms with Gasteiger partial charge in [-0.25, -0.2) is 4.68 Å². The highest BCUT2D eigenvalue weighted by Gasteiger charge is 2.38. The zero-order valence-corrected chi connectivity index (χ0v) is 9.84. The Morgan fingerprint density at radius 1 is 1.69 bits per heavy atom. The van der Waals surface area contributed by atoms with Gasteiger partial charge in [0.05, 0.1) is 30.3 Å². The van der Waals surface area contributed by atoms with Crippen LogP contribution in [0.1, 0.15) is 43.8 Å². The Balaban J connectivity index is 2.34. The Morgan fingerprint density at radius 2 is 2.38 bits per heavy atom. The summed E-state index contributed by atoms with van der Waals surface area (Å²) in [5.74, 6) is 0.652. The number of ether oxygens (including phenoxy) is 1. The van der Waals surface area contributed by atoms with Gasteiger partial charge in [-0.1, -0.05) is 12.1 Å². The monoisotopic (exact) mass is 220 g/mol. The molecular formula is C11H16N4O. The van der Waals surface area contributed by atoms with Crippen molar-refractivity contribution in [2.75, 3.05) is 7.11 Å². The molecule has 16 heavy (non-hydrogen) atoms. The molecule has 1 heterocycles. The molecule has 1 aliphatic carbocycles. The fraction of sp³-hybridized carbons (Fsp3) is 0.727. The standard InChI is InChI=1S/C11H16N4O/c1-7-6-10(7)15-11(8(2)16-3)9(4-5-12)13-14-15/h7-8,10H,4,6H2,1-3H3. The molecule has 5 nitrogen and oxygen atoms in total. The van der Waals surface area contributed by atoms with Crippen LogP contribution in [-0.4, -0.2) is 22.1 Å². The van der Waals surface area contributed by atoms with Crippen LogP contribution in [0, 0.1) is 17.2 Å². The number of hydrogen-bond donors (Lipinski definition) is 0. The first-order chi connectivity index (χ1) is 7.69. The second kappa shape index (κ2) is 4.22. The van der Waals surface area contributed by atoms with Crippen LogP contribution in [0.5, 0.6) is 0 Å². The van der Waals surface area contributed by atoms with Gasteiger partial charge in [-0.2, -0.15) is 5.26 Å². The summed E-state index contributed by atoms with van der Waals surface area (Å²) < 4.78 is 7.26. The normalized spacial score (nSPS) is 25.1. The van der Waals surface area contributed by atoms with E-state index in [1.54, 1.807) is 7.11 Å². The number of nitriles is 1. The zero-order chi connectivity index (χ0) is 11.7. The zero-order valence-electron chi connectivity index (χ0n) is 9.84. The van der Waals surface area contributed by atoms with E-state index >= 15 is 0 Å². The molecule has 1 aliphatic rings. The fourth-order valence-electron chi connectivity index (χ4n) is 1.96. The second-order valence-electron chi connectivity index (χ2n) is 4.36. The quantitative estimate of drug-likeness (QED) is 0.773. The molecule has 2 rings (SSSR count). The van der Waals surface area contributed by atoms with Crippen molar-refractivity contribution in [2.24, 2.45) is 5.92 Å². The predicted octanol–water partition coefficient (Wildman–Crippen LogP) is 1.63. The van der Waals surface area contributed by atoms with Gasteiger partial charge < -0.3 is 4.74 Å². The topological polar surface area (TPSA) is 63.7 Å². The molecule has 3 unspecified atom stereocenters. The number of nitrogens with zero attached hydrogens (tertiary/aromatic N) is 4. The predicted molar refractivity (Wildman–Crippen MR) is 57.6 cm³/mol. The fourth-order valence-corrected chi connectivity index (χ4v) is 1.96. The van der Waals surface area contributed by atoms with Crippen LogP contribution in [0.3, 0.4) is 0 Å². The first-order valence-electron chi connectivity index (χ1n) is 5.52. The first kappa shape index (κ1) is 11.1. The van der Waals surface area contributed by atoms with Crippen LogP contribution >= 0.6 is 0 Å². The van der Waals surface area contributed by atoms with Crippen molar-refractivity contribution in [3.05, 3.63) is 11.4 Å².